The number of esters is 2. The van der Waals surface area contributed by atoms with E-state index in [4.69, 9.17) is 21.1 Å². The fourth-order valence-corrected chi connectivity index (χ4v) is 2.95. The first-order chi connectivity index (χ1) is 13.2. The zero-order chi connectivity index (χ0) is 19.7. The van der Waals surface area contributed by atoms with Gasteiger partial charge in [-0.3, -0.25) is 0 Å². The highest BCUT2D eigenvalue weighted by molar-refractivity contribution is 6.17. The number of carbonyl (C=O) groups is 2. The predicted molar refractivity (Wildman–Crippen MR) is 110 cm³/mol. The minimum absolute atomic E-state index is 0.276. The van der Waals surface area contributed by atoms with Crippen molar-refractivity contribution in [3.63, 3.8) is 0 Å². The van der Waals surface area contributed by atoms with Gasteiger partial charge in [0.1, 0.15) is 0 Å². The van der Waals surface area contributed by atoms with Crippen molar-refractivity contribution in [3.8, 4) is 0 Å². The van der Waals surface area contributed by atoms with Gasteiger partial charge in [0.15, 0.2) is 0 Å². The van der Waals surface area contributed by atoms with Crippen LogP contribution < -0.4 is 0 Å². The highest BCUT2D eigenvalue weighted by Crippen LogP contribution is 2.13. The maximum Gasteiger partial charge on any atom is 0.339 e. The Morgan fingerprint density at radius 2 is 1.19 bits per heavy atom. The van der Waals surface area contributed by atoms with Crippen molar-refractivity contribution < 1.29 is 19.1 Å². The lowest BCUT2D eigenvalue weighted by atomic mass is 10.1. The molecule has 0 aromatic heterocycles. The summed E-state index contributed by atoms with van der Waals surface area (Å²) in [6.45, 7) is 2.89. The molecule has 0 bridgehead atoms. The Bertz CT molecular complexity index is 545. The Hall–Kier alpha value is -1.55. The molecule has 0 saturated heterocycles. The average molecular weight is 397 g/mol. The van der Waals surface area contributed by atoms with Crippen LogP contribution in [-0.4, -0.2) is 31.0 Å². The molecule has 0 radical (unpaired) electrons. The van der Waals surface area contributed by atoms with Gasteiger partial charge in [-0.05, 0) is 31.4 Å². The molecular formula is C22H33ClO4. The lowest BCUT2D eigenvalue weighted by Gasteiger charge is -2.10. The molecule has 0 aliphatic heterocycles. The first-order valence-corrected chi connectivity index (χ1v) is 10.7. The summed E-state index contributed by atoms with van der Waals surface area (Å²) in [4.78, 5) is 24.6. The van der Waals surface area contributed by atoms with Gasteiger partial charge < -0.3 is 9.47 Å². The molecular weight excluding hydrogens is 364 g/mol. The second-order valence-electron chi connectivity index (χ2n) is 6.69. The summed E-state index contributed by atoms with van der Waals surface area (Å²) in [6.07, 6.45) is 10.5. The van der Waals surface area contributed by atoms with E-state index >= 15 is 0 Å². The van der Waals surface area contributed by atoms with Crippen molar-refractivity contribution in [1.29, 1.82) is 0 Å². The minimum atomic E-state index is -0.462. The maximum atomic E-state index is 12.3. The molecule has 5 heteroatoms. The molecule has 1 rings (SSSR count). The van der Waals surface area contributed by atoms with Crippen molar-refractivity contribution in [2.24, 2.45) is 0 Å². The number of rotatable bonds is 15. The summed E-state index contributed by atoms with van der Waals surface area (Å²) in [7, 11) is 0. The van der Waals surface area contributed by atoms with Crippen molar-refractivity contribution >= 4 is 23.5 Å². The number of carbonyl (C=O) groups excluding carboxylic acids is 2. The normalized spacial score (nSPS) is 10.6. The average Bonchev–Trinajstić information content (AvgIpc) is 2.69. The van der Waals surface area contributed by atoms with Gasteiger partial charge in [0.2, 0.25) is 0 Å². The first-order valence-electron chi connectivity index (χ1n) is 10.2. The Kier molecular flexibility index (Phi) is 13.5. The van der Waals surface area contributed by atoms with E-state index in [-0.39, 0.29) is 11.1 Å². The molecule has 0 fully saturated rings. The number of unbranched alkanes of at least 4 members (excludes halogenated alkanes) is 8. The third-order valence-electron chi connectivity index (χ3n) is 4.36. The maximum absolute atomic E-state index is 12.3. The summed E-state index contributed by atoms with van der Waals surface area (Å²) in [5.41, 5.74) is 0.553. The van der Waals surface area contributed by atoms with Gasteiger partial charge in [-0.1, -0.05) is 64.0 Å². The lowest BCUT2D eigenvalue weighted by molar-refractivity contribution is 0.0450. The zero-order valence-corrected chi connectivity index (χ0v) is 17.3. The minimum Gasteiger partial charge on any atom is -0.462 e. The molecule has 0 amide bonds. The van der Waals surface area contributed by atoms with Crippen molar-refractivity contribution in [1.82, 2.24) is 0 Å². The Labute approximate surface area is 168 Å². The largest absolute Gasteiger partial charge is 0.462 e. The second kappa shape index (κ2) is 15.5. The number of benzene rings is 1. The summed E-state index contributed by atoms with van der Waals surface area (Å²) in [5, 5.41) is 0. The molecule has 0 aliphatic rings. The summed E-state index contributed by atoms with van der Waals surface area (Å²) >= 11 is 5.65. The van der Waals surface area contributed by atoms with E-state index in [0.717, 1.165) is 70.1 Å². The van der Waals surface area contributed by atoms with Gasteiger partial charge in [0.05, 0.1) is 24.3 Å². The van der Waals surface area contributed by atoms with Gasteiger partial charge in [0.25, 0.3) is 0 Å². The highest BCUT2D eigenvalue weighted by atomic mass is 35.5. The molecule has 27 heavy (non-hydrogen) atoms. The van der Waals surface area contributed by atoms with Gasteiger partial charge in [-0.25, -0.2) is 9.59 Å². The van der Waals surface area contributed by atoms with E-state index in [0.29, 0.717) is 13.2 Å². The Balaban J connectivity index is 2.36. The van der Waals surface area contributed by atoms with Crippen LogP contribution in [0.15, 0.2) is 24.3 Å². The smallest absolute Gasteiger partial charge is 0.339 e. The molecule has 0 heterocycles. The van der Waals surface area contributed by atoms with Crippen LogP contribution in [0, 0.1) is 0 Å². The van der Waals surface area contributed by atoms with Crippen LogP contribution in [0.4, 0.5) is 0 Å². The molecule has 1 aromatic rings. The Morgan fingerprint density at radius 1 is 0.741 bits per heavy atom. The van der Waals surface area contributed by atoms with Crippen LogP contribution in [0.5, 0.6) is 0 Å². The van der Waals surface area contributed by atoms with E-state index in [1.54, 1.807) is 24.3 Å². The van der Waals surface area contributed by atoms with E-state index < -0.39 is 11.9 Å². The first kappa shape index (κ1) is 23.5. The number of ether oxygens (including phenoxy) is 2. The van der Waals surface area contributed by atoms with Crippen molar-refractivity contribution in [3.05, 3.63) is 35.4 Å². The standard InChI is InChI=1S/C22H33ClO4/c1-2-3-4-12-17-26-21(24)19-14-9-10-15-20(19)22(25)27-18-13-8-6-5-7-11-16-23/h9-10,14-15H,2-8,11-13,16-18H2,1H3. The molecule has 0 unspecified atom stereocenters. The fraction of sp³-hybridized carbons (Fsp3) is 0.636. The summed E-state index contributed by atoms with van der Waals surface area (Å²) in [5.74, 6) is -0.202. The van der Waals surface area contributed by atoms with E-state index in [1.807, 2.05) is 0 Å². The molecule has 4 nitrogen and oxygen atoms in total. The molecule has 0 aliphatic carbocycles. The zero-order valence-electron chi connectivity index (χ0n) is 16.5. The predicted octanol–water partition coefficient (Wildman–Crippen LogP) is 6.16. The van der Waals surface area contributed by atoms with Gasteiger partial charge in [-0.15, -0.1) is 11.6 Å². The van der Waals surface area contributed by atoms with Gasteiger partial charge in [0, 0.05) is 5.88 Å². The van der Waals surface area contributed by atoms with Crippen LogP contribution in [0.25, 0.3) is 0 Å². The molecule has 0 saturated carbocycles. The van der Waals surface area contributed by atoms with E-state index in [1.165, 1.54) is 0 Å². The van der Waals surface area contributed by atoms with Gasteiger partial charge >= 0.3 is 11.9 Å². The summed E-state index contributed by atoms with van der Waals surface area (Å²) < 4.78 is 10.6. The molecule has 0 spiro atoms. The van der Waals surface area contributed by atoms with Crippen molar-refractivity contribution in [2.75, 3.05) is 19.1 Å². The van der Waals surface area contributed by atoms with Crippen LogP contribution in [0.3, 0.4) is 0 Å². The topological polar surface area (TPSA) is 52.6 Å². The lowest BCUT2D eigenvalue weighted by Crippen LogP contribution is -2.15. The molecule has 1 aromatic carbocycles. The second-order valence-corrected chi connectivity index (χ2v) is 7.07. The van der Waals surface area contributed by atoms with Crippen LogP contribution in [0.2, 0.25) is 0 Å². The number of halogens is 1. The third-order valence-corrected chi connectivity index (χ3v) is 4.63. The number of hydrogen-bond donors (Lipinski definition) is 0. The third kappa shape index (κ3) is 10.4. The number of alkyl halides is 1. The Morgan fingerprint density at radius 3 is 1.67 bits per heavy atom. The molecule has 152 valence electrons. The van der Waals surface area contributed by atoms with E-state index in [9.17, 15) is 9.59 Å². The number of hydrogen-bond acceptors (Lipinski definition) is 4. The summed E-state index contributed by atoms with van der Waals surface area (Å²) in [6, 6.07) is 6.68. The molecule has 0 N–H and O–H groups in total. The SMILES string of the molecule is CCCCCCOC(=O)c1ccccc1C(=O)OCCCCCCCCCl. The quantitative estimate of drug-likeness (QED) is 0.202. The van der Waals surface area contributed by atoms with Crippen molar-refractivity contribution in [2.45, 2.75) is 71.1 Å². The molecule has 0 atom stereocenters. The van der Waals surface area contributed by atoms with E-state index in [2.05, 4.69) is 6.92 Å². The highest BCUT2D eigenvalue weighted by Gasteiger charge is 2.18. The van der Waals surface area contributed by atoms with Gasteiger partial charge in [-0.2, -0.15) is 0 Å². The monoisotopic (exact) mass is 396 g/mol. The fourth-order valence-electron chi connectivity index (χ4n) is 2.76. The van der Waals surface area contributed by atoms with Crippen LogP contribution in [-0.2, 0) is 9.47 Å². The van der Waals surface area contributed by atoms with Crippen LogP contribution in [0.1, 0.15) is 91.8 Å². The van der Waals surface area contributed by atoms with Crippen LogP contribution >= 0.6 is 11.6 Å².